The monoisotopic (exact) mass is 256 g/mol. The highest BCUT2D eigenvalue weighted by atomic mass is 19.3. The van der Waals surface area contributed by atoms with Crippen LogP contribution < -0.4 is 15.8 Å². The van der Waals surface area contributed by atoms with E-state index in [0.29, 0.717) is 18.5 Å². The van der Waals surface area contributed by atoms with Crippen molar-refractivity contribution in [2.45, 2.75) is 31.4 Å². The molecule has 0 atom stereocenters. The van der Waals surface area contributed by atoms with Crippen molar-refractivity contribution in [1.29, 1.82) is 0 Å². The van der Waals surface area contributed by atoms with Crippen LogP contribution in [0, 0.1) is 0 Å². The minimum absolute atomic E-state index is 0.0501. The third-order valence-electron chi connectivity index (χ3n) is 3.04. The predicted octanol–water partition coefficient (Wildman–Crippen LogP) is 2.11. The van der Waals surface area contributed by atoms with Crippen LogP contribution in [0.15, 0.2) is 24.3 Å². The van der Waals surface area contributed by atoms with Gasteiger partial charge in [0.1, 0.15) is 5.75 Å². The zero-order valence-corrected chi connectivity index (χ0v) is 9.66. The van der Waals surface area contributed by atoms with Crippen molar-refractivity contribution in [2.24, 2.45) is 5.73 Å². The number of nitrogens with one attached hydrogen (secondary N) is 1. The van der Waals surface area contributed by atoms with Gasteiger partial charge >= 0.3 is 6.61 Å². The van der Waals surface area contributed by atoms with Gasteiger partial charge in [0.2, 0.25) is 5.91 Å². The summed E-state index contributed by atoms with van der Waals surface area (Å²) in [4.78, 5) is 11.8. The van der Waals surface area contributed by atoms with Gasteiger partial charge in [-0.05, 0) is 43.5 Å². The largest absolute Gasteiger partial charge is 0.435 e. The summed E-state index contributed by atoms with van der Waals surface area (Å²) in [6.45, 7) is -2.85. The molecule has 0 aliphatic heterocycles. The van der Waals surface area contributed by atoms with Gasteiger partial charge in [0.25, 0.3) is 0 Å². The third kappa shape index (κ3) is 2.76. The maximum atomic E-state index is 11.9. The second-order valence-electron chi connectivity index (χ2n) is 4.37. The molecule has 1 aliphatic rings. The number of alkyl halides is 2. The highest BCUT2D eigenvalue weighted by Gasteiger charge is 2.40. The number of carbonyl (C=O) groups is 1. The molecule has 0 bridgehead atoms. The first kappa shape index (κ1) is 12.8. The fourth-order valence-electron chi connectivity index (χ4n) is 1.76. The maximum absolute atomic E-state index is 11.9. The van der Waals surface area contributed by atoms with Crippen LogP contribution in [0.2, 0.25) is 0 Å². The Morgan fingerprint density at radius 2 is 1.94 bits per heavy atom. The van der Waals surface area contributed by atoms with E-state index in [0.717, 1.165) is 6.42 Å². The normalized spacial score (nSPS) is 17.1. The van der Waals surface area contributed by atoms with Crippen LogP contribution in [0.5, 0.6) is 5.75 Å². The number of carbonyl (C=O) groups excluding carboxylic acids is 1. The first-order valence-corrected chi connectivity index (χ1v) is 5.65. The van der Waals surface area contributed by atoms with Crippen LogP contribution in [0.25, 0.3) is 0 Å². The lowest BCUT2D eigenvalue weighted by Crippen LogP contribution is -2.56. The SMILES string of the molecule is NC1(C(=O)Nc2ccc(OC(F)F)cc2)CCC1. The van der Waals surface area contributed by atoms with Gasteiger partial charge in [-0.3, -0.25) is 4.79 Å². The number of anilines is 1. The predicted molar refractivity (Wildman–Crippen MR) is 62.5 cm³/mol. The molecule has 6 heteroatoms. The molecule has 18 heavy (non-hydrogen) atoms. The van der Waals surface area contributed by atoms with E-state index in [2.05, 4.69) is 10.1 Å². The molecular formula is C12H14F2N2O2. The number of rotatable bonds is 4. The van der Waals surface area contributed by atoms with Crippen LogP contribution in [-0.4, -0.2) is 18.1 Å². The number of hydrogen-bond donors (Lipinski definition) is 2. The van der Waals surface area contributed by atoms with Crippen molar-refractivity contribution in [3.8, 4) is 5.75 Å². The Kier molecular flexibility index (Phi) is 3.47. The molecule has 1 aromatic carbocycles. The van der Waals surface area contributed by atoms with Gasteiger partial charge < -0.3 is 15.8 Å². The lowest BCUT2D eigenvalue weighted by Gasteiger charge is -2.36. The molecule has 1 fully saturated rings. The quantitative estimate of drug-likeness (QED) is 0.867. The van der Waals surface area contributed by atoms with Gasteiger partial charge in [0, 0.05) is 5.69 Å². The number of nitrogens with two attached hydrogens (primary N) is 1. The molecule has 98 valence electrons. The van der Waals surface area contributed by atoms with Crippen LogP contribution in [0.4, 0.5) is 14.5 Å². The zero-order valence-electron chi connectivity index (χ0n) is 9.66. The lowest BCUT2D eigenvalue weighted by atomic mass is 9.77. The van der Waals surface area contributed by atoms with E-state index in [1.165, 1.54) is 24.3 Å². The average Bonchev–Trinajstić information content (AvgIpc) is 2.28. The van der Waals surface area contributed by atoms with Crippen molar-refractivity contribution >= 4 is 11.6 Å². The standard InChI is InChI=1S/C12H14F2N2O2/c13-11(14)18-9-4-2-8(3-5-9)16-10(17)12(15)6-1-7-12/h2-5,11H,1,6-7,15H2,(H,16,17). The topological polar surface area (TPSA) is 64.4 Å². The Balaban J connectivity index is 1.95. The summed E-state index contributed by atoms with van der Waals surface area (Å²) in [5.74, 6) is -0.189. The molecule has 0 heterocycles. The van der Waals surface area contributed by atoms with Gasteiger partial charge in [-0.25, -0.2) is 0 Å². The molecule has 0 aromatic heterocycles. The average molecular weight is 256 g/mol. The van der Waals surface area contributed by atoms with E-state index in [1.807, 2.05) is 0 Å². The molecule has 0 saturated heterocycles. The van der Waals surface area contributed by atoms with Gasteiger partial charge in [-0.15, -0.1) is 0 Å². The number of ether oxygens (including phenoxy) is 1. The Morgan fingerprint density at radius 1 is 1.33 bits per heavy atom. The first-order valence-electron chi connectivity index (χ1n) is 5.65. The molecule has 4 nitrogen and oxygen atoms in total. The fourth-order valence-corrected chi connectivity index (χ4v) is 1.76. The molecule has 0 radical (unpaired) electrons. The Morgan fingerprint density at radius 3 is 2.39 bits per heavy atom. The Bertz CT molecular complexity index is 430. The minimum Gasteiger partial charge on any atom is -0.435 e. The highest BCUT2D eigenvalue weighted by molar-refractivity contribution is 5.98. The molecule has 1 aromatic rings. The highest BCUT2D eigenvalue weighted by Crippen LogP contribution is 2.30. The van der Waals surface area contributed by atoms with Crippen molar-refractivity contribution in [2.75, 3.05) is 5.32 Å². The minimum atomic E-state index is -2.85. The van der Waals surface area contributed by atoms with Gasteiger partial charge in [0.05, 0.1) is 5.54 Å². The number of hydrogen-bond acceptors (Lipinski definition) is 3. The second kappa shape index (κ2) is 4.89. The molecule has 0 spiro atoms. The number of halogens is 2. The molecule has 1 aliphatic carbocycles. The molecule has 0 unspecified atom stereocenters. The molecule has 3 N–H and O–H groups in total. The van der Waals surface area contributed by atoms with Gasteiger partial charge in [-0.1, -0.05) is 0 Å². The molecular weight excluding hydrogens is 242 g/mol. The van der Waals surface area contributed by atoms with Gasteiger partial charge in [-0.2, -0.15) is 8.78 Å². The van der Waals surface area contributed by atoms with Crippen LogP contribution in [-0.2, 0) is 4.79 Å². The summed E-state index contributed by atoms with van der Waals surface area (Å²) in [5.41, 5.74) is 5.59. The van der Waals surface area contributed by atoms with E-state index < -0.39 is 12.2 Å². The maximum Gasteiger partial charge on any atom is 0.387 e. The Labute approximate surface area is 103 Å². The summed E-state index contributed by atoms with van der Waals surface area (Å²) < 4.78 is 28.1. The zero-order chi connectivity index (χ0) is 13.2. The first-order chi connectivity index (χ1) is 8.49. The van der Waals surface area contributed by atoms with Crippen molar-refractivity contribution in [3.63, 3.8) is 0 Å². The van der Waals surface area contributed by atoms with Crippen molar-refractivity contribution < 1.29 is 18.3 Å². The van der Waals surface area contributed by atoms with Crippen LogP contribution in [0.3, 0.4) is 0 Å². The Hall–Kier alpha value is -1.69. The van der Waals surface area contributed by atoms with E-state index in [1.54, 1.807) is 0 Å². The van der Waals surface area contributed by atoms with Crippen LogP contribution in [0.1, 0.15) is 19.3 Å². The van der Waals surface area contributed by atoms with Gasteiger partial charge in [0.15, 0.2) is 0 Å². The fraction of sp³-hybridized carbons (Fsp3) is 0.417. The lowest BCUT2D eigenvalue weighted by molar-refractivity contribution is -0.123. The number of amides is 1. The van der Waals surface area contributed by atoms with E-state index in [-0.39, 0.29) is 11.7 Å². The summed E-state index contributed by atoms with van der Waals surface area (Å²) in [7, 11) is 0. The van der Waals surface area contributed by atoms with E-state index in [9.17, 15) is 13.6 Å². The third-order valence-corrected chi connectivity index (χ3v) is 3.04. The second-order valence-corrected chi connectivity index (χ2v) is 4.37. The van der Waals surface area contributed by atoms with Crippen molar-refractivity contribution in [1.82, 2.24) is 0 Å². The van der Waals surface area contributed by atoms with E-state index in [4.69, 9.17) is 5.73 Å². The summed E-state index contributed by atoms with van der Waals surface area (Å²) in [5, 5.41) is 2.66. The molecule has 2 rings (SSSR count). The summed E-state index contributed by atoms with van der Waals surface area (Å²) in [6, 6.07) is 5.73. The van der Waals surface area contributed by atoms with Crippen molar-refractivity contribution in [3.05, 3.63) is 24.3 Å². The summed E-state index contributed by atoms with van der Waals surface area (Å²) in [6.07, 6.45) is 2.29. The van der Waals surface area contributed by atoms with E-state index >= 15 is 0 Å². The summed E-state index contributed by atoms with van der Waals surface area (Å²) >= 11 is 0. The smallest absolute Gasteiger partial charge is 0.387 e. The molecule has 1 amide bonds. The number of benzene rings is 1. The van der Waals surface area contributed by atoms with Crippen LogP contribution >= 0.6 is 0 Å². The molecule has 1 saturated carbocycles.